The van der Waals surface area contributed by atoms with E-state index in [9.17, 15) is 9.59 Å². The summed E-state index contributed by atoms with van der Waals surface area (Å²) < 4.78 is 5.67. The molecule has 0 saturated carbocycles. The Bertz CT molecular complexity index is 605. The molecule has 20 heavy (non-hydrogen) atoms. The number of hydrogen-bond donors (Lipinski definition) is 1. The minimum atomic E-state index is -0.986. The van der Waals surface area contributed by atoms with Crippen LogP contribution in [0.15, 0.2) is 54.6 Å². The van der Waals surface area contributed by atoms with Crippen LogP contribution in [0.3, 0.4) is 0 Å². The zero-order valence-electron chi connectivity index (χ0n) is 10.8. The molecule has 0 atom stereocenters. The van der Waals surface area contributed by atoms with E-state index in [0.29, 0.717) is 17.1 Å². The molecule has 0 saturated heterocycles. The summed E-state index contributed by atoms with van der Waals surface area (Å²) >= 11 is 0. The summed E-state index contributed by atoms with van der Waals surface area (Å²) in [4.78, 5) is 22.5. The van der Waals surface area contributed by atoms with Crippen molar-refractivity contribution >= 4 is 11.8 Å². The molecule has 2 aromatic carbocycles. The molecule has 0 aliphatic carbocycles. The minimum Gasteiger partial charge on any atom is -0.481 e. The third-order valence-corrected chi connectivity index (χ3v) is 2.72. The Morgan fingerprint density at radius 3 is 2.25 bits per heavy atom. The average Bonchev–Trinajstić information content (AvgIpc) is 2.46. The van der Waals surface area contributed by atoms with Gasteiger partial charge in [0.25, 0.3) is 0 Å². The van der Waals surface area contributed by atoms with Crippen molar-refractivity contribution in [3.63, 3.8) is 0 Å². The van der Waals surface area contributed by atoms with Gasteiger partial charge < -0.3 is 9.84 Å². The first kappa shape index (κ1) is 13.8. The smallest absolute Gasteiger partial charge is 0.303 e. The van der Waals surface area contributed by atoms with Crippen molar-refractivity contribution in [2.24, 2.45) is 0 Å². The lowest BCUT2D eigenvalue weighted by molar-refractivity contribution is -0.136. The first-order valence-electron chi connectivity index (χ1n) is 6.24. The second-order valence-corrected chi connectivity index (χ2v) is 4.23. The van der Waals surface area contributed by atoms with E-state index in [1.165, 1.54) is 0 Å². The van der Waals surface area contributed by atoms with Crippen molar-refractivity contribution in [2.45, 2.75) is 12.8 Å². The molecule has 0 fully saturated rings. The van der Waals surface area contributed by atoms with Crippen LogP contribution in [0.2, 0.25) is 0 Å². The van der Waals surface area contributed by atoms with Gasteiger partial charge in [-0.3, -0.25) is 9.59 Å². The van der Waals surface area contributed by atoms with E-state index in [1.54, 1.807) is 36.4 Å². The number of rotatable bonds is 6. The average molecular weight is 270 g/mol. The quantitative estimate of drug-likeness (QED) is 0.815. The maximum Gasteiger partial charge on any atom is 0.303 e. The summed E-state index contributed by atoms with van der Waals surface area (Å²) in [7, 11) is 0. The van der Waals surface area contributed by atoms with E-state index in [4.69, 9.17) is 9.84 Å². The molecule has 4 nitrogen and oxygen atoms in total. The standard InChI is InChI=1S/C16H14O4/c17-14(10-11-16(18)19)13-8-4-5-9-15(13)20-12-6-2-1-3-7-12/h1-9H,10-11H2,(H,18,19). The van der Waals surface area contributed by atoms with Gasteiger partial charge in [-0.2, -0.15) is 0 Å². The Labute approximate surface area is 116 Å². The lowest BCUT2D eigenvalue weighted by Gasteiger charge is -2.09. The summed E-state index contributed by atoms with van der Waals surface area (Å²) in [6, 6.07) is 16.0. The van der Waals surface area contributed by atoms with Crippen LogP contribution in [-0.2, 0) is 4.79 Å². The highest BCUT2D eigenvalue weighted by Crippen LogP contribution is 2.26. The Morgan fingerprint density at radius 1 is 0.900 bits per heavy atom. The molecule has 2 aromatic rings. The van der Waals surface area contributed by atoms with Crippen molar-refractivity contribution in [3.05, 3.63) is 60.2 Å². The first-order chi connectivity index (χ1) is 9.66. The summed E-state index contributed by atoms with van der Waals surface area (Å²) in [5.74, 6) is -0.154. The summed E-state index contributed by atoms with van der Waals surface area (Å²) in [6.45, 7) is 0. The predicted octanol–water partition coefficient (Wildman–Crippen LogP) is 3.53. The van der Waals surface area contributed by atoms with Crippen molar-refractivity contribution in [1.29, 1.82) is 0 Å². The number of aliphatic carboxylic acids is 1. The fraction of sp³-hybridized carbons (Fsp3) is 0.125. The number of carbonyl (C=O) groups is 2. The van der Waals surface area contributed by atoms with Gasteiger partial charge in [-0.15, -0.1) is 0 Å². The highest BCUT2D eigenvalue weighted by Gasteiger charge is 2.13. The highest BCUT2D eigenvalue weighted by molar-refractivity contribution is 5.99. The molecule has 0 spiro atoms. The molecule has 4 heteroatoms. The van der Waals surface area contributed by atoms with Crippen LogP contribution < -0.4 is 4.74 Å². The molecule has 102 valence electrons. The second kappa shape index (κ2) is 6.52. The maximum atomic E-state index is 12.0. The van der Waals surface area contributed by atoms with E-state index in [1.807, 2.05) is 18.2 Å². The minimum absolute atomic E-state index is 0.0372. The number of benzene rings is 2. The van der Waals surface area contributed by atoms with E-state index < -0.39 is 5.97 Å². The number of carboxylic acid groups (broad SMARTS) is 1. The Kier molecular flexibility index (Phi) is 4.50. The van der Waals surface area contributed by atoms with Gasteiger partial charge in [-0.25, -0.2) is 0 Å². The van der Waals surface area contributed by atoms with Crippen LogP contribution in [0.4, 0.5) is 0 Å². The molecule has 0 unspecified atom stereocenters. The molecule has 1 N–H and O–H groups in total. The van der Waals surface area contributed by atoms with Crippen LogP contribution in [-0.4, -0.2) is 16.9 Å². The maximum absolute atomic E-state index is 12.0. The van der Waals surface area contributed by atoms with Gasteiger partial charge in [0.2, 0.25) is 0 Å². The zero-order chi connectivity index (χ0) is 14.4. The molecule has 0 aromatic heterocycles. The molecule has 0 bridgehead atoms. The van der Waals surface area contributed by atoms with Crippen molar-refractivity contribution in [2.75, 3.05) is 0 Å². The molecular weight excluding hydrogens is 256 g/mol. The van der Waals surface area contributed by atoms with Crippen LogP contribution in [0.1, 0.15) is 23.2 Å². The van der Waals surface area contributed by atoms with Crippen LogP contribution in [0.5, 0.6) is 11.5 Å². The van der Waals surface area contributed by atoms with Crippen LogP contribution in [0, 0.1) is 0 Å². The SMILES string of the molecule is O=C(O)CCC(=O)c1ccccc1Oc1ccccc1. The Morgan fingerprint density at radius 2 is 1.55 bits per heavy atom. The predicted molar refractivity (Wildman–Crippen MR) is 74.2 cm³/mol. The number of Topliss-reactive ketones (excluding diaryl/α,β-unsaturated/α-hetero) is 1. The third-order valence-electron chi connectivity index (χ3n) is 2.72. The summed E-state index contributed by atoms with van der Waals surface area (Å²) in [6.07, 6.45) is -0.219. The van der Waals surface area contributed by atoms with Crippen LogP contribution in [0.25, 0.3) is 0 Å². The van der Waals surface area contributed by atoms with Crippen LogP contribution >= 0.6 is 0 Å². The van der Waals surface area contributed by atoms with Crippen molar-refractivity contribution < 1.29 is 19.4 Å². The van der Waals surface area contributed by atoms with Crippen molar-refractivity contribution in [1.82, 2.24) is 0 Å². The van der Waals surface area contributed by atoms with Gasteiger partial charge in [-0.05, 0) is 24.3 Å². The van der Waals surface area contributed by atoms with E-state index in [2.05, 4.69) is 0 Å². The number of ether oxygens (including phenoxy) is 1. The Balaban J connectivity index is 2.18. The first-order valence-corrected chi connectivity index (χ1v) is 6.24. The zero-order valence-corrected chi connectivity index (χ0v) is 10.8. The molecular formula is C16H14O4. The van der Waals surface area contributed by atoms with Crippen molar-refractivity contribution in [3.8, 4) is 11.5 Å². The molecule has 0 radical (unpaired) electrons. The normalized spacial score (nSPS) is 10.0. The fourth-order valence-electron chi connectivity index (χ4n) is 1.76. The summed E-state index contributed by atoms with van der Waals surface area (Å²) in [5, 5.41) is 8.63. The number of ketones is 1. The van der Waals surface area contributed by atoms with Gasteiger partial charge in [-0.1, -0.05) is 30.3 Å². The number of carboxylic acids is 1. The number of para-hydroxylation sites is 2. The highest BCUT2D eigenvalue weighted by atomic mass is 16.5. The van der Waals surface area contributed by atoms with E-state index >= 15 is 0 Å². The lowest BCUT2D eigenvalue weighted by atomic mass is 10.1. The molecule has 0 aliphatic heterocycles. The number of carbonyl (C=O) groups excluding carboxylic acids is 1. The van der Waals surface area contributed by atoms with Gasteiger partial charge in [0.05, 0.1) is 12.0 Å². The lowest BCUT2D eigenvalue weighted by Crippen LogP contribution is -2.05. The molecule has 0 aliphatic rings. The van der Waals surface area contributed by atoms with E-state index in [0.717, 1.165) is 0 Å². The summed E-state index contributed by atoms with van der Waals surface area (Å²) in [5.41, 5.74) is 0.401. The largest absolute Gasteiger partial charge is 0.481 e. The Hall–Kier alpha value is -2.62. The van der Waals surface area contributed by atoms with Gasteiger partial charge in [0.15, 0.2) is 5.78 Å². The monoisotopic (exact) mass is 270 g/mol. The van der Waals surface area contributed by atoms with Gasteiger partial charge in [0, 0.05) is 6.42 Å². The van der Waals surface area contributed by atoms with E-state index in [-0.39, 0.29) is 18.6 Å². The topological polar surface area (TPSA) is 63.6 Å². The molecule has 2 rings (SSSR count). The molecule has 0 amide bonds. The second-order valence-electron chi connectivity index (χ2n) is 4.23. The number of hydrogen-bond acceptors (Lipinski definition) is 3. The third kappa shape index (κ3) is 3.68. The van der Waals surface area contributed by atoms with Gasteiger partial charge in [0.1, 0.15) is 11.5 Å². The molecule has 0 heterocycles. The fourth-order valence-corrected chi connectivity index (χ4v) is 1.76. The van der Waals surface area contributed by atoms with Gasteiger partial charge >= 0.3 is 5.97 Å².